The third kappa shape index (κ3) is 7.30. The molecule has 0 bridgehead atoms. The van der Waals surface area contributed by atoms with Gasteiger partial charge in [0.25, 0.3) is 0 Å². The Morgan fingerprint density at radius 3 is 1.24 bits per heavy atom. The van der Waals surface area contributed by atoms with Crippen molar-refractivity contribution in [3.8, 4) is 62.0 Å². The van der Waals surface area contributed by atoms with E-state index < -0.39 is 29.0 Å². The van der Waals surface area contributed by atoms with Gasteiger partial charge in [-0.15, -0.1) is 0 Å². The highest BCUT2D eigenvalue weighted by molar-refractivity contribution is 6.13. The Balaban J connectivity index is 1.29. The van der Waals surface area contributed by atoms with E-state index in [1.165, 1.54) is 12.1 Å². The van der Waals surface area contributed by atoms with Crippen LogP contribution in [0.3, 0.4) is 0 Å². The van der Waals surface area contributed by atoms with Crippen LogP contribution in [0.1, 0.15) is 38.9 Å². The number of halogens is 6. The van der Waals surface area contributed by atoms with Crippen LogP contribution in [0.25, 0.3) is 99.5 Å². The predicted octanol–water partition coefficient (Wildman–Crippen LogP) is 17.7. The number of hydrogen-bond donors (Lipinski definition) is 0. The minimum absolute atomic E-state index is 0.0238. The number of para-hydroxylation sites is 2. The first kappa shape index (κ1) is 44.2. The largest absolute Gasteiger partial charge is 0.417 e. The van der Waals surface area contributed by atoms with Crippen LogP contribution < -0.4 is 0 Å². The molecule has 0 saturated heterocycles. The van der Waals surface area contributed by atoms with Crippen molar-refractivity contribution in [3.05, 3.63) is 215 Å². The van der Waals surface area contributed by atoms with E-state index in [1.807, 2.05) is 110 Å². The molecule has 0 aliphatic rings. The Morgan fingerprint density at radius 2 is 0.786 bits per heavy atom. The third-order valence-corrected chi connectivity index (χ3v) is 13.3. The molecule has 0 amide bonds. The van der Waals surface area contributed by atoms with E-state index >= 15 is 26.3 Å². The Hall–Kier alpha value is -8.35. The van der Waals surface area contributed by atoms with E-state index in [9.17, 15) is 5.26 Å². The Kier molecular flexibility index (Phi) is 10.4. The van der Waals surface area contributed by atoms with Crippen molar-refractivity contribution >= 4 is 43.6 Å². The number of hydrogen-bond acceptors (Lipinski definition) is 1. The van der Waals surface area contributed by atoms with Gasteiger partial charge in [0, 0.05) is 38.2 Å². The van der Waals surface area contributed by atoms with Gasteiger partial charge in [-0.3, -0.25) is 0 Å². The summed E-state index contributed by atoms with van der Waals surface area (Å²) in [5.41, 5.74) is 7.78. The van der Waals surface area contributed by atoms with Crippen LogP contribution in [-0.4, -0.2) is 9.13 Å². The number of alkyl halides is 6. The van der Waals surface area contributed by atoms with Gasteiger partial charge in [0.1, 0.15) is 0 Å². The van der Waals surface area contributed by atoms with Crippen molar-refractivity contribution in [2.45, 2.75) is 40.0 Å². The van der Waals surface area contributed by atoms with E-state index in [2.05, 4.69) is 54.6 Å². The summed E-state index contributed by atoms with van der Waals surface area (Å²) in [6.07, 6.45) is -10.4. The first-order valence-corrected chi connectivity index (χ1v) is 22.8. The van der Waals surface area contributed by atoms with Gasteiger partial charge in [0.15, 0.2) is 0 Å². The maximum Gasteiger partial charge on any atom is 0.417 e. The number of benzene rings is 9. The fraction of sp³-hybridized carbons (Fsp3) is 0.0984. The second-order valence-electron chi connectivity index (χ2n) is 18.2. The lowest BCUT2D eigenvalue weighted by Crippen LogP contribution is -2.15. The monoisotopic (exact) mass is 929 g/mol. The quantitative estimate of drug-likeness (QED) is 0.153. The normalized spacial score (nSPS) is 12.1. The van der Waals surface area contributed by atoms with Crippen molar-refractivity contribution in [1.29, 1.82) is 5.26 Å². The Bertz CT molecular complexity index is 3920. The zero-order valence-electron chi connectivity index (χ0n) is 38.4. The minimum atomic E-state index is -5.20. The maximum absolute atomic E-state index is 15.4. The number of aromatic nitrogens is 2. The molecule has 0 saturated carbocycles. The summed E-state index contributed by atoms with van der Waals surface area (Å²) >= 11 is 0. The molecule has 3 nitrogen and oxygen atoms in total. The van der Waals surface area contributed by atoms with Crippen LogP contribution in [0.15, 0.2) is 176 Å². The summed E-state index contributed by atoms with van der Waals surface area (Å²) in [7, 11) is 0. The van der Waals surface area contributed by atoms with Crippen LogP contribution in [0, 0.1) is 39.0 Å². The molecule has 0 fully saturated rings. The summed E-state index contributed by atoms with van der Waals surface area (Å²) in [6.45, 7) is 8.16. The molecule has 0 aliphatic carbocycles. The van der Waals surface area contributed by atoms with Gasteiger partial charge in [-0.2, -0.15) is 31.6 Å². The van der Waals surface area contributed by atoms with E-state index in [1.54, 1.807) is 24.3 Å². The zero-order valence-corrected chi connectivity index (χ0v) is 38.4. The zero-order chi connectivity index (χ0) is 48.8. The average Bonchev–Trinajstić information content (AvgIpc) is 3.84. The topological polar surface area (TPSA) is 33.6 Å². The molecular formula is C61H41F6N3. The standard InChI is InChI=1S/C61H41F6N3/c1-35-26-36(2)29-42(28-35)39-22-24-53-47(32-39)44-13-5-7-18-51(44)69(53)55-20-9-12-41(34-68)57(55)59-46(58-49(60(62,63)64)16-11-17-50(58)61(65,66)67)15-10-21-56(59)70-52-19-8-6-14-45(52)48-33-40(23-25-54(48)70)43-30-37(3)27-38(4)31-43/h5-33H,1-4H3. The predicted molar refractivity (Wildman–Crippen MR) is 271 cm³/mol. The molecule has 0 spiro atoms. The minimum Gasteiger partial charge on any atom is -0.309 e. The van der Waals surface area contributed by atoms with Gasteiger partial charge in [0.05, 0.1) is 56.2 Å². The number of aryl methyl sites for hydroxylation is 4. The molecule has 0 aliphatic heterocycles. The SMILES string of the molecule is Cc1cc(C)cc(-c2ccc3c(c2)c2ccccc2n3-c2cccc(C#N)c2-c2c(-c3c(C(F)(F)F)cccc3C(F)(F)F)cccc2-n2c3ccccc3c3cc(-c4cc(C)cc(C)c4)ccc32)c1. The van der Waals surface area contributed by atoms with Crippen molar-refractivity contribution in [2.75, 3.05) is 0 Å². The van der Waals surface area contributed by atoms with Crippen LogP contribution >= 0.6 is 0 Å². The second-order valence-corrected chi connectivity index (χ2v) is 18.2. The summed E-state index contributed by atoms with van der Waals surface area (Å²) in [4.78, 5) is 0. The van der Waals surface area contributed by atoms with Crippen LogP contribution in [-0.2, 0) is 12.4 Å². The van der Waals surface area contributed by atoms with Crippen molar-refractivity contribution < 1.29 is 26.3 Å². The lowest BCUT2D eigenvalue weighted by Gasteiger charge is -2.25. The fourth-order valence-corrected chi connectivity index (χ4v) is 10.7. The first-order chi connectivity index (χ1) is 33.6. The van der Waals surface area contributed by atoms with E-state index in [0.717, 1.165) is 83.2 Å². The average molecular weight is 930 g/mol. The second kappa shape index (κ2) is 16.4. The molecule has 0 N–H and O–H groups in total. The molecule has 342 valence electrons. The van der Waals surface area contributed by atoms with Crippen molar-refractivity contribution in [3.63, 3.8) is 0 Å². The highest BCUT2D eigenvalue weighted by Gasteiger charge is 2.42. The summed E-state index contributed by atoms with van der Waals surface area (Å²) in [5, 5.41) is 14.6. The van der Waals surface area contributed by atoms with E-state index in [0.29, 0.717) is 28.9 Å². The first-order valence-electron chi connectivity index (χ1n) is 22.8. The molecule has 11 aromatic rings. The molecule has 0 radical (unpaired) electrons. The van der Waals surface area contributed by atoms with Crippen LogP contribution in [0.4, 0.5) is 26.3 Å². The number of nitrogens with zero attached hydrogens (tertiary/aromatic N) is 3. The molecule has 2 heterocycles. The summed E-state index contributed by atoms with van der Waals surface area (Å²) in [5.74, 6) is 0. The molecule has 0 atom stereocenters. The number of fused-ring (bicyclic) bond motifs is 6. The molecule has 9 aromatic carbocycles. The fourth-order valence-electron chi connectivity index (χ4n) is 10.7. The van der Waals surface area contributed by atoms with Gasteiger partial charge in [-0.05, 0) is 122 Å². The van der Waals surface area contributed by atoms with Crippen LogP contribution in [0.5, 0.6) is 0 Å². The highest BCUT2D eigenvalue weighted by atomic mass is 19.4. The molecule has 11 rings (SSSR count). The maximum atomic E-state index is 15.4. The third-order valence-electron chi connectivity index (χ3n) is 13.3. The lowest BCUT2D eigenvalue weighted by atomic mass is 9.85. The van der Waals surface area contributed by atoms with Crippen molar-refractivity contribution in [1.82, 2.24) is 9.13 Å². The molecule has 9 heteroatoms. The lowest BCUT2D eigenvalue weighted by molar-refractivity contribution is -0.142. The Morgan fingerprint density at radius 1 is 0.371 bits per heavy atom. The van der Waals surface area contributed by atoms with Crippen LogP contribution in [0.2, 0.25) is 0 Å². The van der Waals surface area contributed by atoms with Gasteiger partial charge in [0.2, 0.25) is 0 Å². The van der Waals surface area contributed by atoms with E-state index in [4.69, 9.17) is 0 Å². The van der Waals surface area contributed by atoms with E-state index in [-0.39, 0.29) is 27.9 Å². The number of rotatable bonds is 6. The van der Waals surface area contributed by atoms with Gasteiger partial charge in [-0.25, -0.2) is 0 Å². The summed E-state index contributed by atoms with van der Waals surface area (Å²) in [6, 6.07) is 54.1. The van der Waals surface area contributed by atoms with Crippen molar-refractivity contribution in [2.24, 2.45) is 0 Å². The van der Waals surface area contributed by atoms with Gasteiger partial charge in [-0.1, -0.05) is 131 Å². The molecular weight excluding hydrogens is 889 g/mol. The van der Waals surface area contributed by atoms with Gasteiger partial charge < -0.3 is 9.13 Å². The smallest absolute Gasteiger partial charge is 0.309 e. The molecule has 0 unspecified atom stereocenters. The molecule has 70 heavy (non-hydrogen) atoms. The molecule has 2 aromatic heterocycles. The number of nitriles is 1. The Labute approximate surface area is 399 Å². The summed E-state index contributed by atoms with van der Waals surface area (Å²) < 4.78 is 96.4. The highest BCUT2D eigenvalue weighted by Crippen LogP contribution is 2.51. The van der Waals surface area contributed by atoms with Gasteiger partial charge >= 0.3 is 12.4 Å².